The van der Waals surface area contributed by atoms with Crippen LogP contribution in [0.1, 0.15) is 45.4 Å². The number of pyridine rings is 1. The van der Waals surface area contributed by atoms with Gasteiger partial charge in [0, 0.05) is 18.6 Å². The van der Waals surface area contributed by atoms with Gasteiger partial charge < -0.3 is 22.5 Å². The normalized spacial score (nSPS) is 9.78. The van der Waals surface area contributed by atoms with E-state index in [-0.39, 0.29) is 37.4 Å². The van der Waals surface area contributed by atoms with Crippen LogP contribution in [0.15, 0.2) is 30.6 Å². The number of hydrogen-bond donors (Lipinski definition) is 1. The molecule has 0 aliphatic carbocycles. The second kappa shape index (κ2) is 14.0. The van der Waals surface area contributed by atoms with Gasteiger partial charge in [0.15, 0.2) is 12.4 Å². The quantitative estimate of drug-likeness (QED) is 0.319. The lowest BCUT2D eigenvalue weighted by molar-refractivity contribution is -0.684. The Balaban J connectivity index is 0.00000484. The van der Waals surface area contributed by atoms with Crippen molar-refractivity contribution in [1.82, 2.24) is 5.32 Å². The Bertz CT molecular complexity index is 441. The van der Waals surface area contributed by atoms with Crippen molar-refractivity contribution in [3.63, 3.8) is 0 Å². The van der Waals surface area contributed by atoms with Crippen LogP contribution in [0.2, 0.25) is 0 Å². The summed E-state index contributed by atoms with van der Waals surface area (Å²) >= 11 is 0. The minimum absolute atomic E-state index is 0. The number of ether oxygens (including phenoxy) is 1. The van der Waals surface area contributed by atoms with Gasteiger partial charge in [-0.25, -0.2) is 0 Å². The highest BCUT2D eigenvalue weighted by Gasteiger charge is 2.08. The molecule has 5 nitrogen and oxygen atoms in total. The number of nitrogens with zero attached hydrogens (tertiary/aromatic N) is 1. The van der Waals surface area contributed by atoms with E-state index < -0.39 is 0 Å². The lowest BCUT2D eigenvalue weighted by Gasteiger charge is -2.06. The van der Waals surface area contributed by atoms with Gasteiger partial charge in [-0.15, -0.1) is 0 Å². The van der Waals surface area contributed by atoms with Gasteiger partial charge in [0.25, 0.3) is 5.91 Å². The molecule has 0 aliphatic heterocycles. The highest BCUT2D eigenvalue weighted by atomic mass is 35.5. The van der Waals surface area contributed by atoms with E-state index >= 15 is 0 Å². The Kier molecular flexibility index (Phi) is 13.0. The summed E-state index contributed by atoms with van der Waals surface area (Å²) in [7, 11) is 0. The number of halogens is 1. The Morgan fingerprint density at radius 3 is 2.43 bits per heavy atom. The topological polar surface area (TPSA) is 59.3 Å². The van der Waals surface area contributed by atoms with Crippen molar-refractivity contribution in [3.8, 4) is 0 Å². The van der Waals surface area contributed by atoms with Crippen LogP contribution in [0.4, 0.5) is 0 Å². The van der Waals surface area contributed by atoms with E-state index in [0.717, 1.165) is 12.8 Å². The van der Waals surface area contributed by atoms with Crippen LogP contribution in [0, 0.1) is 0 Å². The smallest absolute Gasteiger partial charge is 0.305 e. The summed E-state index contributed by atoms with van der Waals surface area (Å²) in [5, 5.41) is 2.73. The number of esters is 1. The molecule has 130 valence electrons. The van der Waals surface area contributed by atoms with Crippen molar-refractivity contribution >= 4 is 11.9 Å². The predicted molar refractivity (Wildman–Crippen MR) is 84.0 cm³/mol. The number of carbonyl (C=O) groups excluding carboxylic acids is 2. The molecule has 0 saturated carbocycles. The third-order valence-corrected chi connectivity index (χ3v) is 3.28. The van der Waals surface area contributed by atoms with Gasteiger partial charge in [-0.1, -0.05) is 38.7 Å². The molecule has 6 heteroatoms. The SMILES string of the molecule is CCCCCCCC(=O)OCCNC(=O)C[n+]1ccccc1.[Cl-]. The molecule has 1 aromatic heterocycles. The maximum absolute atomic E-state index is 11.7. The molecular formula is C17H27ClN2O3. The minimum Gasteiger partial charge on any atom is -1.00 e. The highest BCUT2D eigenvalue weighted by Crippen LogP contribution is 2.05. The van der Waals surface area contributed by atoms with Crippen LogP contribution in [0.5, 0.6) is 0 Å². The number of nitrogens with one attached hydrogen (secondary N) is 1. The van der Waals surface area contributed by atoms with E-state index in [1.165, 1.54) is 19.3 Å². The summed E-state index contributed by atoms with van der Waals surface area (Å²) in [5.74, 6) is -0.269. The van der Waals surface area contributed by atoms with Crippen molar-refractivity contribution < 1.29 is 31.3 Å². The van der Waals surface area contributed by atoms with Gasteiger partial charge >= 0.3 is 5.97 Å². The Labute approximate surface area is 144 Å². The fourth-order valence-corrected chi connectivity index (χ4v) is 2.06. The summed E-state index contributed by atoms with van der Waals surface area (Å²) < 4.78 is 6.88. The number of carbonyl (C=O) groups is 2. The van der Waals surface area contributed by atoms with Gasteiger partial charge in [-0.3, -0.25) is 9.59 Å². The van der Waals surface area contributed by atoms with Gasteiger partial charge in [0.1, 0.15) is 6.61 Å². The second-order valence-electron chi connectivity index (χ2n) is 5.28. The molecule has 0 radical (unpaired) electrons. The van der Waals surface area contributed by atoms with E-state index in [0.29, 0.717) is 13.0 Å². The standard InChI is InChI=1S/C17H26N2O3.ClH/c1-2-3-4-5-7-10-17(21)22-14-11-18-16(20)15-19-12-8-6-9-13-19;/h6,8-9,12-13H,2-5,7,10-11,14-15H2,1H3;1H. The van der Waals surface area contributed by atoms with Gasteiger partial charge in [-0.2, -0.15) is 4.57 Å². The maximum atomic E-state index is 11.7. The second-order valence-corrected chi connectivity index (χ2v) is 5.28. The lowest BCUT2D eigenvalue weighted by Crippen LogP contribution is -3.00. The van der Waals surface area contributed by atoms with Crippen LogP contribution in [0.3, 0.4) is 0 Å². The lowest BCUT2D eigenvalue weighted by atomic mass is 10.1. The Morgan fingerprint density at radius 1 is 1.04 bits per heavy atom. The molecule has 0 spiro atoms. The highest BCUT2D eigenvalue weighted by molar-refractivity contribution is 5.74. The molecule has 1 amide bonds. The number of rotatable bonds is 11. The van der Waals surface area contributed by atoms with Gasteiger partial charge in [-0.05, 0) is 6.42 Å². The Morgan fingerprint density at radius 2 is 1.74 bits per heavy atom. The fourth-order valence-electron chi connectivity index (χ4n) is 2.06. The molecule has 0 saturated heterocycles. The molecule has 0 aromatic carbocycles. The number of amides is 1. The first-order valence-electron chi connectivity index (χ1n) is 8.08. The van der Waals surface area contributed by atoms with Crippen LogP contribution in [-0.4, -0.2) is 25.0 Å². The predicted octanol–water partition coefficient (Wildman–Crippen LogP) is -1.00. The first-order valence-corrected chi connectivity index (χ1v) is 8.08. The van der Waals surface area contributed by atoms with Crippen molar-refractivity contribution in [2.75, 3.05) is 13.2 Å². The summed E-state index contributed by atoms with van der Waals surface area (Å²) in [4.78, 5) is 23.1. The zero-order valence-electron chi connectivity index (χ0n) is 13.8. The van der Waals surface area contributed by atoms with E-state index in [9.17, 15) is 9.59 Å². The van der Waals surface area contributed by atoms with Crippen molar-refractivity contribution in [2.24, 2.45) is 0 Å². The van der Waals surface area contributed by atoms with E-state index in [1.54, 1.807) is 4.57 Å². The molecule has 1 heterocycles. The first-order chi connectivity index (χ1) is 10.7. The summed E-state index contributed by atoms with van der Waals surface area (Å²) in [6, 6.07) is 5.64. The molecule has 1 rings (SSSR count). The molecule has 23 heavy (non-hydrogen) atoms. The monoisotopic (exact) mass is 342 g/mol. The van der Waals surface area contributed by atoms with E-state index in [4.69, 9.17) is 4.74 Å². The van der Waals surface area contributed by atoms with Crippen LogP contribution >= 0.6 is 0 Å². The van der Waals surface area contributed by atoms with Crippen LogP contribution in [-0.2, 0) is 20.9 Å². The molecule has 1 aromatic rings. The molecular weight excluding hydrogens is 316 g/mol. The molecule has 0 aliphatic rings. The van der Waals surface area contributed by atoms with Gasteiger partial charge in [0.05, 0.1) is 6.54 Å². The molecule has 0 unspecified atom stereocenters. The van der Waals surface area contributed by atoms with Crippen molar-refractivity contribution in [3.05, 3.63) is 30.6 Å². The molecule has 0 fully saturated rings. The third kappa shape index (κ3) is 11.6. The maximum Gasteiger partial charge on any atom is 0.305 e. The zero-order chi connectivity index (χ0) is 16.0. The fraction of sp³-hybridized carbons (Fsp3) is 0.588. The van der Waals surface area contributed by atoms with Crippen molar-refractivity contribution in [2.45, 2.75) is 52.0 Å². The minimum atomic E-state index is -0.178. The van der Waals surface area contributed by atoms with Crippen molar-refractivity contribution in [1.29, 1.82) is 0 Å². The number of aromatic nitrogens is 1. The average molecular weight is 343 g/mol. The third-order valence-electron chi connectivity index (χ3n) is 3.28. The van der Waals surface area contributed by atoms with Crippen LogP contribution in [0.25, 0.3) is 0 Å². The summed E-state index contributed by atoms with van der Waals surface area (Å²) in [5.41, 5.74) is 0. The zero-order valence-corrected chi connectivity index (χ0v) is 14.6. The summed E-state index contributed by atoms with van der Waals surface area (Å²) in [6.45, 7) is 3.03. The average Bonchev–Trinajstić information content (AvgIpc) is 2.52. The largest absolute Gasteiger partial charge is 1.00 e. The first kappa shape index (κ1) is 21.4. The van der Waals surface area contributed by atoms with Gasteiger partial charge in [0.2, 0.25) is 6.54 Å². The van der Waals surface area contributed by atoms with Crippen LogP contribution < -0.4 is 22.3 Å². The number of unbranched alkanes of at least 4 members (excludes halogenated alkanes) is 4. The molecule has 0 bridgehead atoms. The van der Waals surface area contributed by atoms with E-state index in [2.05, 4.69) is 12.2 Å². The van der Waals surface area contributed by atoms with E-state index in [1.807, 2.05) is 30.6 Å². The number of hydrogen-bond acceptors (Lipinski definition) is 3. The Hall–Kier alpha value is -1.62. The molecule has 0 atom stereocenters. The summed E-state index contributed by atoms with van der Waals surface area (Å²) in [6.07, 6.45) is 9.69. The molecule has 1 N–H and O–H groups in total.